The number of ketones is 1. The number of nitrogens with one attached hydrogen (secondary N) is 2. The highest BCUT2D eigenvalue weighted by atomic mass is 16.2. The molecule has 132 valence electrons. The summed E-state index contributed by atoms with van der Waals surface area (Å²) >= 11 is 0. The van der Waals surface area contributed by atoms with Crippen LogP contribution in [0, 0.1) is 0 Å². The number of rotatable bonds is 7. The van der Waals surface area contributed by atoms with E-state index in [1.807, 2.05) is 55.5 Å². The Morgan fingerprint density at radius 2 is 1.65 bits per heavy atom. The van der Waals surface area contributed by atoms with Crippen molar-refractivity contribution in [3.63, 3.8) is 0 Å². The van der Waals surface area contributed by atoms with Crippen molar-refractivity contribution < 1.29 is 9.59 Å². The van der Waals surface area contributed by atoms with Crippen LogP contribution in [-0.2, 0) is 4.79 Å². The van der Waals surface area contributed by atoms with Crippen molar-refractivity contribution in [1.29, 1.82) is 0 Å². The summed E-state index contributed by atoms with van der Waals surface area (Å²) in [6.45, 7) is 1.87. The average Bonchev–Trinajstić information content (AvgIpc) is 3.18. The lowest BCUT2D eigenvalue weighted by molar-refractivity contribution is -0.121. The first kappa shape index (κ1) is 17.6. The number of Topliss-reactive ketones (excluding diaryl/α,β-unsaturated/α-hetero) is 1. The number of imidazole rings is 1. The van der Waals surface area contributed by atoms with Crippen molar-refractivity contribution in [3.05, 3.63) is 78.2 Å². The van der Waals surface area contributed by atoms with E-state index in [9.17, 15) is 9.59 Å². The fraction of sp³-hybridized carbons (Fsp3) is 0.190. The third-order valence-electron chi connectivity index (χ3n) is 4.14. The third kappa shape index (κ3) is 4.45. The summed E-state index contributed by atoms with van der Waals surface area (Å²) in [5, 5.41) is 2.88. The highest BCUT2D eigenvalue weighted by Crippen LogP contribution is 2.18. The Morgan fingerprint density at radius 3 is 2.35 bits per heavy atom. The second-order valence-corrected chi connectivity index (χ2v) is 6.13. The number of amides is 1. The monoisotopic (exact) mass is 347 g/mol. The molecule has 1 heterocycles. The number of carbonyl (C=O) groups is 2. The molecule has 2 N–H and O–H groups in total. The third-order valence-corrected chi connectivity index (χ3v) is 4.14. The minimum Gasteiger partial charge on any atom is -0.346 e. The summed E-state index contributed by atoms with van der Waals surface area (Å²) in [5.74, 6) is 0.490. The maximum atomic E-state index is 12.1. The smallest absolute Gasteiger partial charge is 0.221 e. The van der Waals surface area contributed by atoms with E-state index in [1.165, 1.54) is 0 Å². The van der Waals surface area contributed by atoms with E-state index >= 15 is 0 Å². The molecule has 0 aliphatic carbocycles. The molecule has 0 bridgehead atoms. The van der Waals surface area contributed by atoms with Gasteiger partial charge in [0.2, 0.25) is 5.91 Å². The van der Waals surface area contributed by atoms with E-state index in [2.05, 4.69) is 15.3 Å². The normalized spacial score (nSPS) is 11.7. The van der Waals surface area contributed by atoms with Gasteiger partial charge in [-0.15, -0.1) is 0 Å². The summed E-state index contributed by atoms with van der Waals surface area (Å²) in [7, 11) is 0. The molecule has 1 unspecified atom stereocenters. The number of nitrogens with zero attached hydrogens (tertiary/aromatic N) is 1. The molecule has 3 rings (SSSR count). The van der Waals surface area contributed by atoms with Crippen molar-refractivity contribution in [2.24, 2.45) is 0 Å². The van der Waals surface area contributed by atoms with Crippen molar-refractivity contribution in [3.8, 4) is 11.3 Å². The molecule has 1 amide bonds. The summed E-state index contributed by atoms with van der Waals surface area (Å²) in [6.07, 6.45) is 2.10. The van der Waals surface area contributed by atoms with E-state index in [0.29, 0.717) is 11.4 Å². The molecule has 0 saturated carbocycles. The Balaban J connectivity index is 1.53. The van der Waals surface area contributed by atoms with Crippen LogP contribution in [0.15, 0.2) is 66.9 Å². The molecule has 3 aromatic rings. The van der Waals surface area contributed by atoms with E-state index in [4.69, 9.17) is 0 Å². The van der Waals surface area contributed by atoms with Gasteiger partial charge in [0.05, 0.1) is 17.9 Å². The highest BCUT2D eigenvalue weighted by Gasteiger charge is 2.15. The fourth-order valence-corrected chi connectivity index (χ4v) is 2.70. The van der Waals surface area contributed by atoms with E-state index < -0.39 is 0 Å². The maximum Gasteiger partial charge on any atom is 0.221 e. The van der Waals surface area contributed by atoms with Crippen LogP contribution in [-0.4, -0.2) is 21.7 Å². The van der Waals surface area contributed by atoms with E-state index in [0.717, 1.165) is 11.3 Å². The second kappa shape index (κ2) is 8.25. The van der Waals surface area contributed by atoms with E-state index in [1.54, 1.807) is 18.3 Å². The molecule has 1 aromatic heterocycles. The van der Waals surface area contributed by atoms with Gasteiger partial charge < -0.3 is 10.3 Å². The van der Waals surface area contributed by atoms with Gasteiger partial charge in [0.1, 0.15) is 5.82 Å². The lowest BCUT2D eigenvalue weighted by Crippen LogP contribution is -2.27. The summed E-state index contributed by atoms with van der Waals surface area (Å²) in [4.78, 5) is 31.8. The molecule has 0 aliphatic heterocycles. The van der Waals surface area contributed by atoms with Gasteiger partial charge in [0.25, 0.3) is 0 Å². The van der Waals surface area contributed by atoms with Gasteiger partial charge in [0.15, 0.2) is 5.78 Å². The van der Waals surface area contributed by atoms with Gasteiger partial charge in [0, 0.05) is 18.4 Å². The van der Waals surface area contributed by atoms with Gasteiger partial charge in [-0.1, -0.05) is 60.7 Å². The summed E-state index contributed by atoms with van der Waals surface area (Å²) in [6, 6.07) is 18.6. The Bertz CT molecular complexity index is 873. The van der Waals surface area contributed by atoms with Crippen molar-refractivity contribution in [2.45, 2.75) is 25.8 Å². The zero-order valence-electron chi connectivity index (χ0n) is 14.6. The lowest BCUT2D eigenvalue weighted by Gasteiger charge is -2.11. The van der Waals surface area contributed by atoms with Crippen LogP contribution < -0.4 is 5.32 Å². The number of hydrogen-bond acceptors (Lipinski definition) is 3. The molecule has 0 saturated heterocycles. The van der Waals surface area contributed by atoms with Gasteiger partial charge in [-0.25, -0.2) is 4.98 Å². The van der Waals surface area contributed by atoms with Crippen molar-refractivity contribution >= 4 is 11.7 Å². The topological polar surface area (TPSA) is 74.8 Å². The Kier molecular flexibility index (Phi) is 5.59. The zero-order valence-corrected chi connectivity index (χ0v) is 14.6. The second-order valence-electron chi connectivity index (χ2n) is 6.13. The molecule has 0 aliphatic rings. The number of benzene rings is 2. The largest absolute Gasteiger partial charge is 0.346 e. The first-order valence-electron chi connectivity index (χ1n) is 8.61. The molecule has 0 spiro atoms. The SMILES string of the molecule is CC(NC(=O)CCC(=O)c1ccccc1)c1ncc(-c2ccccc2)[nH]1. The lowest BCUT2D eigenvalue weighted by atomic mass is 10.1. The molecule has 2 aromatic carbocycles. The minimum absolute atomic E-state index is 0.0298. The van der Waals surface area contributed by atoms with Crippen molar-refractivity contribution in [1.82, 2.24) is 15.3 Å². The zero-order chi connectivity index (χ0) is 18.4. The molecule has 5 heteroatoms. The van der Waals surface area contributed by atoms with Crippen LogP contribution in [0.5, 0.6) is 0 Å². The number of H-pyrrole nitrogens is 1. The van der Waals surface area contributed by atoms with Crippen LogP contribution in [0.2, 0.25) is 0 Å². The van der Waals surface area contributed by atoms with Crippen LogP contribution in [0.3, 0.4) is 0 Å². The first-order chi connectivity index (χ1) is 12.6. The Labute approximate surface area is 152 Å². The summed E-state index contributed by atoms with van der Waals surface area (Å²) < 4.78 is 0. The first-order valence-corrected chi connectivity index (χ1v) is 8.61. The molecule has 0 radical (unpaired) electrons. The predicted octanol–water partition coefficient (Wildman–Crippen LogP) is 3.92. The average molecular weight is 347 g/mol. The number of aromatic amines is 1. The number of aromatic nitrogens is 2. The maximum absolute atomic E-state index is 12.1. The number of hydrogen-bond donors (Lipinski definition) is 2. The minimum atomic E-state index is -0.258. The standard InChI is InChI=1S/C21H21N3O2/c1-15(21-22-14-18(24-21)16-8-4-2-5-9-16)23-20(26)13-12-19(25)17-10-6-3-7-11-17/h2-11,14-15H,12-13H2,1H3,(H,22,24)(H,23,26). The van der Waals surface area contributed by atoms with Gasteiger partial charge in [-0.05, 0) is 12.5 Å². The molecular formula is C21H21N3O2. The molecule has 5 nitrogen and oxygen atoms in total. The quantitative estimate of drug-likeness (QED) is 0.636. The van der Waals surface area contributed by atoms with Gasteiger partial charge in [-0.2, -0.15) is 0 Å². The van der Waals surface area contributed by atoms with Crippen LogP contribution in [0.1, 0.15) is 42.0 Å². The summed E-state index contributed by atoms with van der Waals surface area (Å²) in [5.41, 5.74) is 2.58. The molecular weight excluding hydrogens is 326 g/mol. The van der Waals surface area contributed by atoms with Crippen LogP contribution >= 0.6 is 0 Å². The van der Waals surface area contributed by atoms with Gasteiger partial charge in [-0.3, -0.25) is 9.59 Å². The van der Waals surface area contributed by atoms with E-state index in [-0.39, 0.29) is 30.6 Å². The van der Waals surface area contributed by atoms with Crippen LogP contribution in [0.25, 0.3) is 11.3 Å². The Hall–Kier alpha value is -3.21. The number of carbonyl (C=O) groups excluding carboxylic acids is 2. The molecule has 0 fully saturated rings. The van der Waals surface area contributed by atoms with Crippen molar-refractivity contribution in [2.75, 3.05) is 0 Å². The highest BCUT2D eigenvalue weighted by molar-refractivity contribution is 5.97. The van der Waals surface area contributed by atoms with Gasteiger partial charge >= 0.3 is 0 Å². The molecule has 26 heavy (non-hydrogen) atoms. The predicted molar refractivity (Wildman–Crippen MR) is 101 cm³/mol. The fourth-order valence-electron chi connectivity index (χ4n) is 2.70. The van der Waals surface area contributed by atoms with Crippen LogP contribution in [0.4, 0.5) is 0 Å². The Morgan fingerprint density at radius 1 is 1.00 bits per heavy atom. The molecule has 1 atom stereocenters.